The maximum atomic E-state index is 12.2. The van der Waals surface area contributed by atoms with Crippen molar-refractivity contribution in [3.63, 3.8) is 0 Å². The number of carbonyl (C=O) groups excluding carboxylic acids is 1. The van der Waals surface area contributed by atoms with Gasteiger partial charge < -0.3 is 14.8 Å². The summed E-state index contributed by atoms with van der Waals surface area (Å²) >= 11 is 0. The fourth-order valence-electron chi connectivity index (χ4n) is 2.54. The summed E-state index contributed by atoms with van der Waals surface area (Å²) in [6.45, 7) is 1.80. The number of allylic oxidation sites excluding steroid dienone is 1. The second-order valence-electron chi connectivity index (χ2n) is 5.73. The van der Waals surface area contributed by atoms with E-state index in [2.05, 4.69) is 10.4 Å². The van der Waals surface area contributed by atoms with Crippen molar-refractivity contribution in [2.75, 3.05) is 19.0 Å². The van der Waals surface area contributed by atoms with Crippen LogP contribution in [0.25, 0.3) is 11.8 Å². The summed E-state index contributed by atoms with van der Waals surface area (Å²) in [7, 11) is 1.57. The molecule has 3 aromatic rings. The fourth-order valence-corrected chi connectivity index (χ4v) is 2.54. The van der Waals surface area contributed by atoms with Crippen molar-refractivity contribution in [2.45, 2.75) is 6.92 Å². The predicted molar refractivity (Wildman–Crippen MR) is 105 cm³/mol. The van der Waals surface area contributed by atoms with Crippen LogP contribution in [0.2, 0.25) is 0 Å². The first-order chi connectivity index (χ1) is 13.2. The molecule has 0 atom stereocenters. The second-order valence-corrected chi connectivity index (χ2v) is 5.73. The zero-order valence-electron chi connectivity index (χ0n) is 15.3. The van der Waals surface area contributed by atoms with E-state index < -0.39 is 0 Å². The monoisotopic (exact) mass is 363 g/mol. The lowest BCUT2D eigenvalue weighted by Crippen LogP contribution is -2.20. The van der Waals surface area contributed by atoms with E-state index >= 15 is 0 Å². The summed E-state index contributed by atoms with van der Waals surface area (Å²) in [5, 5.41) is 7.06. The Morgan fingerprint density at radius 2 is 1.96 bits per heavy atom. The summed E-state index contributed by atoms with van der Waals surface area (Å²) < 4.78 is 12.6. The van der Waals surface area contributed by atoms with E-state index in [1.807, 2.05) is 61.5 Å². The highest BCUT2D eigenvalue weighted by atomic mass is 16.5. The lowest BCUT2D eigenvalue weighted by molar-refractivity contribution is -0.118. The fraction of sp³-hybridized carbons (Fsp3) is 0.143. The van der Waals surface area contributed by atoms with E-state index in [4.69, 9.17) is 9.47 Å². The number of benzene rings is 2. The van der Waals surface area contributed by atoms with Crippen LogP contribution in [0.1, 0.15) is 12.5 Å². The van der Waals surface area contributed by atoms with Gasteiger partial charge in [-0.25, -0.2) is 4.68 Å². The molecule has 27 heavy (non-hydrogen) atoms. The third-order valence-electron chi connectivity index (χ3n) is 3.78. The van der Waals surface area contributed by atoms with Gasteiger partial charge in [-0.15, -0.1) is 0 Å². The van der Waals surface area contributed by atoms with E-state index in [9.17, 15) is 4.79 Å². The smallest absolute Gasteiger partial charge is 0.263 e. The number of ether oxygens (including phenoxy) is 2. The molecule has 3 rings (SSSR count). The number of anilines is 1. The van der Waals surface area contributed by atoms with Gasteiger partial charge in [-0.1, -0.05) is 36.4 Å². The minimum absolute atomic E-state index is 0.141. The van der Waals surface area contributed by atoms with Crippen molar-refractivity contribution in [3.8, 4) is 17.2 Å². The van der Waals surface area contributed by atoms with Gasteiger partial charge in [-0.05, 0) is 36.8 Å². The van der Waals surface area contributed by atoms with Crippen LogP contribution in [-0.2, 0) is 4.79 Å². The van der Waals surface area contributed by atoms with Crippen LogP contribution in [0, 0.1) is 0 Å². The number of rotatable bonds is 7. The van der Waals surface area contributed by atoms with Crippen LogP contribution >= 0.6 is 0 Å². The summed E-state index contributed by atoms with van der Waals surface area (Å²) in [5.74, 6) is 1.25. The van der Waals surface area contributed by atoms with Crippen molar-refractivity contribution < 1.29 is 14.3 Å². The van der Waals surface area contributed by atoms with Crippen molar-refractivity contribution >= 4 is 17.8 Å². The molecule has 0 unspecified atom stereocenters. The van der Waals surface area contributed by atoms with Gasteiger partial charge in [0.2, 0.25) is 0 Å². The SMILES string of the molecule is CC=Cc1ccc(OCC(=O)Nc2ccn(-c3ccccc3)n2)c(OC)c1. The van der Waals surface area contributed by atoms with Gasteiger partial charge >= 0.3 is 0 Å². The maximum Gasteiger partial charge on any atom is 0.263 e. The van der Waals surface area contributed by atoms with Crippen LogP contribution in [0.15, 0.2) is 66.9 Å². The maximum absolute atomic E-state index is 12.2. The summed E-state index contributed by atoms with van der Waals surface area (Å²) in [6, 6.07) is 16.9. The molecule has 0 aliphatic carbocycles. The molecule has 0 spiro atoms. The molecule has 2 aromatic carbocycles. The molecule has 6 heteroatoms. The molecule has 138 valence electrons. The molecular weight excluding hydrogens is 342 g/mol. The third-order valence-corrected chi connectivity index (χ3v) is 3.78. The van der Waals surface area contributed by atoms with Crippen molar-refractivity contribution in [3.05, 3.63) is 72.4 Å². The van der Waals surface area contributed by atoms with E-state index in [1.165, 1.54) is 0 Å². The Morgan fingerprint density at radius 3 is 2.70 bits per heavy atom. The Morgan fingerprint density at radius 1 is 1.15 bits per heavy atom. The minimum atomic E-state index is -0.298. The first kappa shape index (κ1) is 18.3. The lowest BCUT2D eigenvalue weighted by Gasteiger charge is -2.11. The van der Waals surface area contributed by atoms with Crippen LogP contribution in [0.5, 0.6) is 11.5 Å². The third kappa shape index (κ3) is 4.76. The molecule has 0 bridgehead atoms. The number of carbonyl (C=O) groups is 1. The average Bonchev–Trinajstić information content (AvgIpc) is 3.16. The number of nitrogens with one attached hydrogen (secondary N) is 1. The minimum Gasteiger partial charge on any atom is -0.493 e. The molecule has 1 aromatic heterocycles. The van der Waals surface area contributed by atoms with E-state index in [0.29, 0.717) is 17.3 Å². The average molecular weight is 363 g/mol. The van der Waals surface area contributed by atoms with E-state index in [1.54, 1.807) is 30.1 Å². The zero-order chi connectivity index (χ0) is 19.1. The quantitative estimate of drug-likeness (QED) is 0.691. The van der Waals surface area contributed by atoms with E-state index in [-0.39, 0.29) is 12.5 Å². The van der Waals surface area contributed by atoms with Crippen LogP contribution < -0.4 is 14.8 Å². The normalized spacial score (nSPS) is 10.7. The van der Waals surface area contributed by atoms with E-state index in [0.717, 1.165) is 11.3 Å². The molecule has 1 heterocycles. The molecule has 0 radical (unpaired) electrons. The molecule has 0 aliphatic rings. The van der Waals surface area contributed by atoms with Gasteiger partial charge in [-0.3, -0.25) is 4.79 Å². The molecule has 0 fully saturated rings. The molecule has 0 aliphatic heterocycles. The summed E-state index contributed by atoms with van der Waals surface area (Å²) in [5.41, 5.74) is 1.91. The number of hydrogen-bond donors (Lipinski definition) is 1. The predicted octanol–water partition coefficient (Wildman–Crippen LogP) is 3.93. The Hall–Kier alpha value is -3.54. The number of amides is 1. The Balaban J connectivity index is 1.60. The van der Waals surface area contributed by atoms with Gasteiger partial charge in [0.15, 0.2) is 23.9 Å². The summed E-state index contributed by atoms with van der Waals surface area (Å²) in [6.07, 6.45) is 5.69. The zero-order valence-corrected chi connectivity index (χ0v) is 15.3. The van der Waals surface area contributed by atoms with Crippen molar-refractivity contribution in [1.29, 1.82) is 0 Å². The summed E-state index contributed by atoms with van der Waals surface area (Å²) in [4.78, 5) is 12.2. The molecule has 0 saturated heterocycles. The van der Waals surface area contributed by atoms with Gasteiger partial charge in [0, 0.05) is 12.3 Å². The topological polar surface area (TPSA) is 65.4 Å². The Bertz CT molecular complexity index is 933. The van der Waals surface area contributed by atoms with Crippen molar-refractivity contribution in [2.24, 2.45) is 0 Å². The highest BCUT2D eigenvalue weighted by molar-refractivity contribution is 5.91. The van der Waals surface area contributed by atoms with Gasteiger partial charge in [-0.2, -0.15) is 5.10 Å². The van der Waals surface area contributed by atoms with Crippen LogP contribution in [0.4, 0.5) is 5.82 Å². The van der Waals surface area contributed by atoms with Crippen molar-refractivity contribution in [1.82, 2.24) is 9.78 Å². The Kier molecular flexibility index (Phi) is 5.89. The number of aromatic nitrogens is 2. The lowest BCUT2D eigenvalue weighted by atomic mass is 10.2. The molecule has 6 nitrogen and oxygen atoms in total. The number of methoxy groups -OCH3 is 1. The van der Waals surface area contributed by atoms with Gasteiger partial charge in [0.25, 0.3) is 5.91 Å². The number of nitrogens with zero attached hydrogens (tertiary/aromatic N) is 2. The van der Waals surface area contributed by atoms with Gasteiger partial charge in [0.05, 0.1) is 12.8 Å². The Labute approximate surface area is 158 Å². The van der Waals surface area contributed by atoms with Crippen LogP contribution in [-0.4, -0.2) is 29.4 Å². The largest absolute Gasteiger partial charge is 0.493 e. The molecular formula is C21H21N3O3. The standard InChI is InChI=1S/C21H21N3O3/c1-3-7-16-10-11-18(19(14-16)26-2)27-15-21(25)22-20-12-13-24(23-20)17-8-5-4-6-9-17/h3-14H,15H2,1-2H3,(H,22,23,25). The van der Waals surface area contributed by atoms with Gasteiger partial charge in [0.1, 0.15) is 0 Å². The molecule has 1 amide bonds. The second kappa shape index (κ2) is 8.71. The molecule has 0 saturated carbocycles. The highest BCUT2D eigenvalue weighted by Crippen LogP contribution is 2.28. The first-order valence-corrected chi connectivity index (χ1v) is 8.54. The molecule has 1 N–H and O–H groups in total. The van der Waals surface area contributed by atoms with Crippen LogP contribution in [0.3, 0.4) is 0 Å². The number of para-hydroxylation sites is 1. The highest BCUT2D eigenvalue weighted by Gasteiger charge is 2.10. The first-order valence-electron chi connectivity index (χ1n) is 8.54. The number of hydrogen-bond acceptors (Lipinski definition) is 4.